The van der Waals surface area contributed by atoms with E-state index in [9.17, 15) is 4.79 Å². The van der Waals surface area contributed by atoms with E-state index in [0.717, 1.165) is 28.1 Å². The van der Waals surface area contributed by atoms with Crippen molar-refractivity contribution >= 4 is 11.6 Å². The van der Waals surface area contributed by atoms with Crippen LogP contribution in [-0.2, 0) is 0 Å². The number of nitrogen functional groups attached to an aromatic ring is 1. The van der Waals surface area contributed by atoms with Gasteiger partial charge in [0.05, 0.1) is 17.6 Å². The zero-order valence-corrected chi connectivity index (χ0v) is 13.4. The van der Waals surface area contributed by atoms with Crippen LogP contribution in [0.3, 0.4) is 0 Å². The molecule has 3 aromatic heterocycles. The number of pyridine rings is 3. The SMILES string of the molecule is CNC(=O)c1cc(-c2cc(-c3cc(N)cnc3C)ccn2)ccn1. The lowest BCUT2D eigenvalue weighted by Gasteiger charge is -2.09. The molecule has 0 spiro atoms. The second-order valence-corrected chi connectivity index (χ2v) is 5.34. The molecule has 0 saturated heterocycles. The lowest BCUT2D eigenvalue weighted by Crippen LogP contribution is -2.19. The molecular weight excluding hydrogens is 302 g/mol. The molecule has 3 heterocycles. The van der Waals surface area contributed by atoms with Gasteiger partial charge in [0.25, 0.3) is 5.91 Å². The monoisotopic (exact) mass is 319 g/mol. The van der Waals surface area contributed by atoms with E-state index in [0.29, 0.717) is 11.4 Å². The summed E-state index contributed by atoms with van der Waals surface area (Å²) in [7, 11) is 1.57. The minimum absolute atomic E-state index is 0.233. The fraction of sp³-hybridized carbons (Fsp3) is 0.111. The average Bonchev–Trinajstić information content (AvgIpc) is 2.63. The third kappa shape index (κ3) is 3.08. The van der Waals surface area contributed by atoms with Gasteiger partial charge in [-0.1, -0.05) is 0 Å². The van der Waals surface area contributed by atoms with Crippen molar-refractivity contribution in [2.24, 2.45) is 0 Å². The van der Waals surface area contributed by atoms with E-state index in [2.05, 4.69) is 20.3 Å². The first-order valence-corrected chi connectivity index (χ1v) is 7.45. The number of nitrogens with one attached hydrogen (secondary N) is 1. The number of hydrogen-bond acceptors (Lipinski definition) is 5. The van der Waals surface area contributed by atoms with Gasteiger partial charge in [-0.2, -0.15) is 0 Å². The van der Waals surface area contributed by atoms with Crippen molar-refractivity contribution in [2.45, 2.75) is 6.92 Å². The van der Waals surface area contributed by atoms with Crippen LogP contribution in [0.2, 0.25) is 0 Å². The predicted octanol–water partition coefficient (Wildman–Crippen LogP) is 2.46. The van der Waals surface area contributed by atoms with Crippen LogP contribution in [0, 0.1) is 6.92 Å². The first kappa shape index (κ1) is 15.6. The number of aryl methyl sites for hydroxylation is 1. The van der Waals surface area contributed by atoms with Crippen LogP contribution in [0.15, 0.2) is 48.9 Å². The molecular formula is C18H17N5O. The Morgan fingerprint density at radius 1 is 1.04 bits per heavy atom. The highest BCUT2D eigenvalue weighted by molar-refractivity contribution is 5.93. The van der Waals surface area contributed by atoms with Gasteiger partial charge in [0.2, 0.25) is 0 Å². The molecule has 1 amide bonds. The normalized spacial score (nSPS) is 10.4. The first-order chi connectivity index (χ1) is 11.6. The third-order valence-corrected chi connectivity index (χ3v) is 3.69. The van der Waals surface area contributed by atoms with Gasteiger partial charge in [-0.3, -0.25) is 19.7 Å². The van der Waals surface area contributed by atoms with Gasteiger partial charge in [0.1, 0.15) is 5.69 Å². The summed E-state index contributed by atoms with van der Waals surface area (Å²) in [6, 6.07) is 9.29. The molecule has 0 aliphatic rings. The van der Waals surface area contributed by atoms with Crippen LogP contribution in [0.1, 0.15) is 16.2 Å². The van der Waals surface area contributed by atoms with E-state index in [-0.39, 0.29) is 5.91 Å². The molecule has 0 unspecified atom stereocenters. The van der Waals surface area contributed by atoms with Crippen molar-refractivity contribution < 1.29 is 4.79 Å². The van der Waals surface area contributed by atoms with Gasteiger partial charge in [-0.25, -0.2) is 0 Å². The lowest BCUT2D eigenvalue weighted by molar-refractivity contribution is 0.0958. The molecule has 0 radical (unpaired) electrons. The summed E-state index contributed by atoms with van der Waals surface area (Å²) in [5.74, 6) is -0.233. The van der Waals surface area contributed by atoms with Crippen LogP contribution >= 0.6 is 0 Å². The molecule has 0 saturated carbocycles. The number of carbonyl (C=O) groups is 1. The smallest absolute Gasteiger partial charge is 0.269 e. The first-order valence-electron chi connectivity index (χ1n) is 7.45. The number of aromatic nitrogens is 3. The number of carbonyl (C=O) groups excluding carboxylic acids is 1. The van der Waals surface area contributed by atoms with Crippen molar-refractivity contribution in [3.8, 4) is 22.4 Å². The molecule has 0 aliphatic carbocycles. The van der Waals surface area contributed by atoms with Crippen molar-refractivity contribution in [1.82, 2.24) is 20.3 Å². The second kappa shape index (κ2) is 6.45. The highest BCUT2D eigenvalue weighted by atomic mass is 16.1. The molecule has 3 N–H and O–H groups in total. The Morgan fingerprint density at radius 3 is 2.58 bits per heavy atom. The largest absolute Gasteiger partial charge is 0.397 e. The van der Waals surface area contributed by atoms with Gasteiger partial charge < -0.3 is 11.1 Å². The molecule has 0 atom stereocenters. The van der Waals surface area contributed by atoms with Crippen molar-refractivity contribution in [3.63, 3.8) is 0 Å². The zero-order valence-electron chi connectivity index (χ0n) is 13.4. The summed E-state index contributed by atoms with van der Waals surface area (Å²) >= 11 is 0. The number of anilines is 1. The van der Waals surface area contributed by atoms with Crippen molar-refractivity contribution in [3.05, 3.63) is 60.3 Å². The Hall–Kier alpha value is -3.28. The maximum atomic E-state index is 11.8. The summed E-state index contributed by atoms with van der Waals surface area (Å²) in [4.78, 5) is 24.5. The molecule has 24 heavy (non-hydrogen) atoms. The number of rotatable bonds is 3. The number of hydrogen-bond donors (Lipinski definition) is 2. The van der Waals surface area contributed by atoms with Crippen LogP contribution in [0.4, 0.5) is 5.69 Å². The molecule has 3 rings (SSSR count). The van der Waals surface area contributed by atoms with Crippen LogP contribution in [-0.4, -0.2) is 27.9 Å². The van der Waals surface area contributed by atoms with E-state index in [1.54, 1.807) is 31.7 Å². The van der Waals surface area contributed by atoms with E-state index < -0.39 is 0 Å². The Morgan fingerprint density at radius 2 is 1.79 bits per heavy atom. The maximum absolute atomic E-state index is 11.8. The second-order valence-electron chi connectivity index (χ2n) is 5.34. The zero-order chi connectivity index (χ0) is 17.1. The predicted molar refractivity (Wildman–Crippen MR) is 93.2 cm³/mol. The highest BCUT2D eigenvalue weighted by Gasteiger charge is 2.10. The van der Waals surface area contributed by atoms with Gasteiger partial charge in [0, 0.05) is 36.3 Å². The molecule has 6 nitrogen and oxygen atoms in total. The minimum atomic E-state index is -0.233. The topological polar surface area (TPSA) is 93.8 Å². The number of nitrogens with two attached hydrogens (primary N) is 1. The highest BCUT2D eigenvalue weighted by Crippen LogP contribution is 2.27. The molecule has 120 valence electrons. The Kier molecular flexibility index (Phi) is 4.20. The summed E-state index contributed by atoms with van der Waals surface area (Å²) in [6.45, 7) is 1.94. The van der Waals surface area contributed by atoms with E-state index in [4.69, 9.17) is 5.73 Å². The summed E-state index contributed by atoms with van der Waals surface area (Å²) in [5.41, 5.74) is 11.2. The molecule has 0 fully saturated rings. The van der Waals surface area contributed by atoms with Crippen LogP contribution in [0.25, 0.3) is 22.4 Å². The fourth-order valence-corrected chi connectivity index (χ4v) is 2.44. The van der Waals surface area contributed by atoms with E-state index >= 15 is 0 Å². The maximum Gasteiger partial charge on any atom is 0.269 e. The summed E-state index contributed by atoms with van der Waals surface area (Å²) in [5, 5.41) is 2.57. The summed E-state index contributed by atoms with van der Waals surface area (Å²) in [6.07, 6.45) is 4.97. The van der Waals surface area contributed by atoms with Crippen LogP contribution in [0.5, 0.6) is 0 Å². The Labute approximate surface area is 139 Å². The minimum Gasteiger partial charge on any atom is -0.397 e. The quantitative estimate of drug-likeness (QED) is 0.773. The number of amides is 1. The molecule has 6 heteroatoms. The standard InChI is InChI=1S/C18H17N5O/c1-11-15(9-14(19)10-23-11)12-3-5-21-16(7-12)13-4-6-22-17(8-13)18(24)20-2/h3-10H,19H2,1-2H3,(H,20,24). The summed E-state index contributed by atoms with van der Waals surface area (Å²) < 4.78 is 0. The van der Waals surface area contributed by atoms with Crippen molar-refractivity contribution in [2.75, 3.05) is 12.8 Å². The van der Waals surface area contributed by atoms with Gasteiger partial charge in [-0.05, 0) is 42.8 Å². The fourth-order valence-electron chi connectivity index (χ4n) is 2.44. The molecule has 3 aromatic rings. The van der Waals surface area contributed by atoms with Gasteiger partial charge in [-0.15, -0.1) is 0 Å². The van der Waals surface area contributed by atoms with E-state index in [1.807, 2.05) is 31.2 Å². The van der Waals surface area contributed by atoms with E-state index in [1.165, 1.54) is 0 Å². The Balaban J connectivity index is 2.05. The number of nitrogens with zero attached hydrogens (tertiary/aromatic N) is 3. The molecule has 0 bridgehead atoms. The average molecular weight is 319 g/mol. The van der Waals surface area contributed by atoms with Crippen molar-refractivity contribution in [1.29, 1.82) is 0 Å². The van der Waals surface area contributed by atoms with Crippen LogP contribution < -0.4 is 11.1 Å². The molecule has 0 aliphatic heterocycles. The van der Waals surface area contributed by atoms with Gasteiger partial charge >= 0.3 is 0 Å². The third-order valence-electron chi connectivity index (χ3n) is 3.69. The Bertz CT molecular complexity index is 907. The molecule has 0 aromatic carbocycles. The van der Waals surface area contributed by atoms with Gasteiger partial charge in [0.15, 0.2) is 0 Å². The lowest BCUT2D eigenvalue weighted by atomic mass is 10.0.